The second-order valence-electron chi connectivity index (χ2n) is 5.88. The summed E-state index contributed by atoms with van der Waals surface area (Å²) in [6.07, 6.45) is 3.48. The summed E-state index contributed by atoms with van der Waals surface area (Å²) in [5.41, 5.74) is 0.346. The van der Waals surface area contributed by atoms with Crippen LogP contribution < -0.4 is 10.1 Å². The van der Waals surface area contributed by atoms with E-state index in [2.05, 4.69) is 5.32 Å². The van der Waals surface area contributed by atoms with Gasteiger partial charge in [0.15, 0.2) is 0 Å². The summed E-state index contributed by atoms with van der Waals surface area (Å²) >= 11 is 0. The summed E-state index contributed by atoms with van der Waals surface area (Å²) in [4.78, 5) is 14.3. The van der Waals surface area contributed by atoms with Gasteiger partial charge in [-0.2, -0.15) is 0 Å². The van der Waals surface area contributed by atoms with Crippen LogP contribution in [0, 0.1) is 5.82 Å². The number of nitrogens with zero attached hydrogens (tertiary/aromatic N) is 1. The Hall–Kier alpha value is -1.82. The highest BCUT2D eigenvalue weighted by molar-refractivity contribution is 5.75. The van der Waals surface area contributed by atoms with Gasteiger partial charge in [0.05, 0.1) is 18.7 Å². The first-order valence-electron chi connectivity index (χ1n) is 8.08. The van der Waals surface area contributed by atoms with Crippen molar-refractivity contribution in [3.63, 3.8) is 0 Å². The molecule has 2 amide bonds. The number of nitrogens with one attached hydrogen (secondary N) is 1. The molecular weight excluding hydrogens is 299 g/mol. The van der Waals surface area contributed by atoms with E-state index in [1.54, 1.807) is 24.0 Å². The molecule has 0 spiro atoms. The number of halogens is 1. The van der Waals surface area contributed by atoms with Gasteiger partial charge in [0, 0.05) is 19.2 Å². The van der Waals surface area contributed by atoms with Crippen molar-refractivity contribution in [1.29, 1.82) is 0 Å². The molecule has 1 fully saturated rings. The van der Waals surface area contributed by atoms with Gasteiger partial charge in [0.2, 0.25) is 0 Å². The van der Waals surface area contributed by atoms with Gasteiger partial charge in [-0.05, 0) is 44.7 Å². The third-order valence-electron chi connectivity index (χ3n) is 4.36. The SMILES string of the molecule is COc1cccc(F)c1C(C)NC(=O)N1CCCCC1CCO. The maximum absolute atomic E-state index is 14.1. The molecule has 1 aliphatic rings. The number of urea groups is 1. The number of hydrogen-bond donors (Lipinski definition) is 2. The number of amides is 2. The number of aliphatic hydroxyl groups is 1. The van der Waals surface area contributed by atoms with Crippen molar-refractivity contribution in [3.05, 3.63) is 29.6 Å². The summed E-state index contributed by atoms with van der Waals surface area (Å²) in [6.45, 7) is 2.46. The molecule has 2 atom stereocenters. The molecule has 5 nitrogen and oxygen atoms in total. The number of piperidine rings is 1. The maximum Gasteiger partial charge on any atom is 0.318 e. The van der Waals surface area contributed by atoms with Crippen LogP contribution >= 0.6 is 0 Å². The Kier molecular flexibility index (Phi) is 6.21. The Balaban J connectivity index is 2.10. The van der Waals surface area contributed by atoms with Crippen LogP contribution in [-0.2, 0) is 0 Å². The predicted molar refractivity (Wildman–Crippen MR) is 85.9 cm³/mol. The number of aliphatic hydroxyl groups excluding tert-OH is 1. The highest BCUT2D eigenvalue weighted by Gasteiger charge is 2.28. The first-order valence-corrected chi connectivity index (χ1v) is 8.08. The smallest absolute Gasteiger partial charge is 0.318 e. The minimum atomic E-state index is -0.504. The predicted octanol–water partition coefficient (Wildman–Crippen LogP) is 2.84. The molecule has 1 heterocycles. The lowest BCUT2D eigenvalue weighted by Crippen LogP contribution is -2.49. The minimum Gasteiger partial charge on any atom is -0.496 e. The second kappa shape index (κ2) is 8.15. The molecule has 0 aliphatic carbocycles. The van der Waals surface area contributed by atoms with E-state index in [9.17, 15) is 9.18 Å². The van der Waals surface area contributed by atoms with Crippen molar-refractivity contribution in [1.82, 2.24) is 10.2 Å². The molecule has 0 saturated carbocycles. The topological polar surface area (TPSA) is 61.8 Å². The van der Waals surface area contributed by atoms with Crippen LogP contribution in [0.5, 0.6) is 5.75 Å². The van der Waals surface area contributed by atoms with E-state index >= 15 is 0 Å². The Morgan fingerprint density at radius 1 is 1.52 bits per heavy atom. The summed E-state index contributed by atoms with van der Waals surface area (Å²) in [7, 11) is 1.48. The fourth-order valence-electron chi connectivity index (χ4n) is 3.17. The lowest BCUT2D eigenvalue weighted by molar-refractivity contribution is 0.130. The monoisotopic (exact) mass is 324 g/mol. The maximum atomic E-state index is 14.1. The fraction of sp³-hybridized carbons (Fsp3) is 0.588. The van der Waals surface area contributed by atoms with Crippen LogP contribution in [0.25, 0.3) is 0 Å². The van der Waals surface area contributed by atoms with Gasteiger partial charge in [-0.15, -0.1) is 0 Å². The highest BCUT2D eigenvalue weighted by Crippen LogP contribution is 2.28. The summed E-state index contributed by atoms with van der Waals surface area (Å²) in [6, 6.07) is 3.93. The molecule has 1 saturated heterocycles. The highest BCUT2D eigenvalue weighted by atomic mass is 19.1. The normalized spacial score (nSPS) is 19.3. The standard InChI is InChI=1S/C17H25FN2O3/c1-12(16-14(18)7-5-8-15(16)23-2)19-17(22)20-10-4-3-6-13(20)9-11-21/h5,7-8,12-13,21H,3-4,6,9-11H2,1-2H3,(H,19,22). The molecule has 1 aliphatic heterocycles. The Morgan fingerprint density at radius 2 is 2.30 bits per heavy atom. The molecule has 2 N–H and O–H groups in total. The van der Waals surface area contributed by atoms with Crippen LogP contribution in [0.4, 0.5) is 9.18 Å². The molecule has 23 heavy (non-hydrogen) atoms. The van der Waals surface area contributed by atoms with E-state index in [1.807, 2.05) is 0 Å². The molecule has 1 aromatic carbocycles. The van der Waals surface area contributed by atoms with Crippen molar-refractivity contribution in [2.24, 2.45) is 0 Å². The number of ether oxygens (including phenoxy) is 1. The van der Waals surface area contributed by atoms with Crippen molar-refractivity contribution < 1.29 is 19.0 Å². The molecule has 2 unspecified atom stereocenters. The second-order valence-corrected chi connectivity index (χ2v) is 5.88. The molecule has 6 heteroatoms. The van der Waals surface area contributed by atoms with Crippen molar-refractivity contribution >= 4 is 6.03 Å². The number of rotatable bonds is 5. The summed E-state index contributed by atoms with van der Waals surface area (Å²) in [5, 5.41) is 12.0. The number of benzene rings is 1. The van der Waals surface area contributed by atoms with Crippen molar-refractivity contribution in [2.75, 3.05) is 20.3 Å². The Labute approximate surface area is 136 Å². The zero-order chi connectivity index (χ0) is 16.8. The summed E-state index contributed by atoms with van der Waals surface area (Å²) < 4.78 is 19.3. The molecule has 0 aromatic heterocycles. The van der Waals surface area contributed by atoms with Crippen LogP contribution in [0.1, 0.15) is 44.2 Å². The van der Waals surface area contributed by atoms with E-state index < -0.39 is 11.9 Å². The van der Waals surface area contributed by atoms with Crippen LogP contribution in [0.2, 0.25) is 0 Å². The van der Waals surface area contributed by atoms with Crippen molar-refractivity contribution in [2.45, 2.75) is 44.7 Å². The first-order chi connectivity index (χ1) is 11.1. The van der Waals surface area contributed by atoms with Crippen molar-refractivity contribution in [3.8, 4) is 5.75 Å². The van der Waals surface area contributed by atoms with E-state index in [4.69, 9.17) is 9.84 Å². The third kappa shape index (κ3) is 4.13. The zero-order valence-electron chi connectivity index (χ0n) is 13.7. The van der Waals surface area contributed by atoms with Gasteiger partial charge in [0.25, 0.3) is 0 Å². The van der Waals surface area contributed by atoms with Gasteiger partial charge in [-0.3, -0.25) is 0 Å². The zero-order valence-corrected chi connectivity index (χ0v) is 13.7. The van der Waals surface area contributed by atoms with Gasteiger partial charge in [-0.25, -0.2) is 9.18 Å². The average molecular weight is 324 g/mol. The molecule has 0 radical (unpaired) electrons. The lowest BCUT2D eigenvalue weighted by atomic mass is 10.00. The quantitative estimate of drug-likeness (QED) is 0.875. The van der Waals surface area contributed by atoms with Gasteiger partial charge in [-0.1, -0.05) is 6.07 Å². The van der Waals surface area contributed by atoms with E-state index in [0.29, 0.717) is 24.3 Å². The molecule has 1 aromatic rings. The van der Waals surface area contributed by atoms with Crippen LogP contribution in [0.15, 0.2) is 18.2 Å². The average Bonchev–Trinajstić information content (AvgIpc) is 2.55. The third-order valence-corrected chi connectivity index (χ3v) is 4.36. The summed E-state index contributed by atoms with van der Waals surface area (Å²) in [5.74, 6) is 0.0195. The number of hydrogen-bond acceptors (Lipinski definition) is 3. The Morgan fingerprint density at radius 3 is 3.00 bits per heavy atom. The number of carbonyl (C=O) groups excluding carboxylic acids is 1. The largest absolute Gasteiger partial charge is 0.496 e. The van der Waals surface area contributed by atoms with Crippen LogP contribution in [-0.4, -0.2) is 42.3 Å². The lowest BCUT2D eigenvalue weighted by Gasteiger charge is -2.36. The van der Waals surface area contributed by atoms with E-state index in [1.165, 1.54) is 13.2 Å². The Bertz CT molecular complexity index is 537. The van der Waals surface area contributed by atoms with Gasteiger partial charge >= 0.3 is 6.03 Å². The van der Waals surface area contributed by atoms with Crippen LogP contribution in [0.3, 0.4) is 0 Å². The molecule has 2 rings (SSSR count). The van der Waals surface area contributed by atoms with E-state index in [-0.39, 0.29) is 18.7 Å². The van der Waals surface area contributed by atoms with E-state index in [0.717, 1.165) is 19.3 Å². The molecule has 128 valence electrons. The molecular formula is C17H25FN2O3. The number of likely N-dealkylation sites (tertiary alicyclic amines) is 1. The van der Waals surface area contributed by atoms with Gasteiger partial charge < -0.3 is 20.1 Å². The minimum absolute atomic E-state index is 0.0449. The first kappa shape index (κ1) is 17.5. The number of carbonyl (C=O) groups is 1. The van der Waals surface area contributed by atoms with Gasteiger partial charge in [0.1, 0.15) is 11.6 Å². The molecule has 0 bridgehead atoms. The number of methoxy groups -OCH3 is 1. The fourth-order valence-corrected chi connectivity index (χ4v) is 3.17.